The van der Waals surface area contributed by atoms with Crippen molar-refractivity contribution in [3.8, 4) is 0 Å². The van der Waals surface area contributed by atoms with Crippen LogP contribution in [0.5, 0.6) is 0 Å². The maximum Gasteiger partial charge on any atom is 0.135 e. The molecule has 0 bridgehead atoms. The number of benzene rings is 1. The van der Waals surface area contributed by atoms with E-state index < -0.39 is 0 Å². The van der Waals surface area contributed by atoms with Crippen LogP contribution in [0.4, 0.5) is 11.6 Å². The van der Waals surface area contributed by atoms with Gasteiger partial charge in [-0.15, -0.1) is 0 Å². The predicted octanol–water partition coefficient (Wildman–Crippen LogP) is 3.86. The number of hydrogen-bond donors (Lipinski definition) is 1. The van der Waals surface area contributed by atoms with Crippen LogP contribution in [0.3, 0.4) is 0 Å². The molecular formula is C17H21ClN4. The van der Waals surface area contributed by atoms with Crippen LogP contribution >= 0.6 is 11.6 Å². The summed E-state index contributed by atoms with van der Waals surface area (Å²) >= 11 is 6.08. The Hall–Kier alpha value is -1.81. The van der Waals surface area contributed by atoms with Gasteiger partial charge in [0.1, 0.15) is 17.5 Å². The molecule has 0 fully saturated rings. The molecule has 116 valence electrons. The highest BCUT2D eigenvalue weighted by atomic mass is 35.5. The largest absolute Gasteiger partial charge is 0.373 e. The van der Waals surface area contributed by atoms with Crippen molar-refractivity contribution >= 4 is 23.2 Å². The lowest BCUT2D eigenvalue weighted by molar-refractivity contribution is 0.703. The molecule has 4 nitrogen and oxygen atoms in total. The molecule has 0 unspecified atom stereocenters. The first-order valence-electron chi connectivity index (χ1n) is 7.66. The Kier molecular flexibility index (Phi) is 4.21. The van der Waals surface area contributed by atoms with E-state index in [0.717, 1.165) is 42.0 Å². The maximum atomic E-state index is 6.08. The lowest BCUT2D eigenvalue weighted by Gasteiger charge is -2.30. The molecule has 1 N–H and O–H groups in total. The van der Waals surface area contributed by atoms with Crippen LogP contribution in [0, 0.1) is 0 Å². The van der Waals surface area contributed by atoms with E-state index in [0.29, 0.717) is 5.92 Å². The van der Waals surface area contributed by atoms with Crippen molar-refractivity contribution in [2.24, 2.45) is 0 Å². The molecule has 5 heteroatoms. The highest BCUT2D eigenvalue weighted by molar-refractivity contribution is 6.30. The quantitative estimate of drug-likeness (QED) is 0.933. The Bertz CT molecular complexity index is 684. The van der Waals surface area contributed by atoms with Crippen molar-refractivity contribution in [1.82, 2.24) is 9.97 Å². The zero-order valence-electron chi connectivity index (χ0n) is 13.2. The Morgan fingerprint density at radius 2 is 2.00 bits per heavy atom. The highest BCUT2D eigenvalue weighted by Gasteiger charge is 2.19. The molecule has 1 aromatic carbocycles. The third-order valence-electron chi connectivity index (χ3n) is 4.01. The van der Waals surface area contributed by atoms with E-state index in [1.165, 1.54) is 11.1 Å². The fraction of sp³-hybridized carbons (Fsp3) is 0.412. The normalized spacial score (nSPS) is 14.1. The van der Waals surface area contributed by atoms with Crippen LogP contribution in [0.2, 0.25) is 5.02 Å². The Labute approximate surface area is 136 Å². The van der Waals surface area contributed by atoms with Gasteiger partial charge in [-0.1, -0.05) is 31.5 Å². The number of anilines is 2. The standard InChI is InChI=1S/C17H21ClN4/c1-11(2)17-20-15(19-3)9-16(21-17)22-7-6-12-8-14(18)5-4-13(12)10-22/h4-5,8-9,11H,6-7,10H2,1-3H3,(H,19,20,21). The second-order valence-electron chi connectivity index (χ2n) is 5.96. The topological polar surface area (TPSA) is 41.0 Å². The van der Waals surface area contributed by atoms with E-state index in [1.807, 2.05) is 19.2 Å². The fourth-order valence-electron chi connectivity index (χ4n) is 2.72. The number of hydrogen-bond acceptors (Lipinski definition) is 4. The average molecular weight is 317 g/mol. The van der Waals surface area contributed by atoms with Crippen LogP contribution in [0.1, 0.15) is 36.7 Å². The fourth-order valence-corrected chi connectivity index (χ4v) is 2.91. The smallest absolute Gasteiger partial charge is 0.135 e. The molecule has 1 aromatic heterocycles. The minimum absolute atomic E-state index is 0.308. The summed E-state index contributed by atoms with van der Waals surface area (Å²) in [6.45, 7) is 6.05. The molecule has 1 aliphatic rings. The lowest BCUT2D eigenvalue weighted by Crippen LogP contribution is -2.31. The van der Waals surface area contributed by atoms with Crippen LogP contribution in [0.15, 0.2) is 24.3 Å². The first kappa shape index (κ1) is 15.1. The van der Waals surface area contributed by atoms with Crippen LogP contribution in [0.25, 0.3) is 0 Å². The summed E-state index contributed by atoms with van der Waals surface area (Å²) in [5.74, 6) is 3.05. The molecule has 22 heavy (non-hydrogen) atoms. The van der Waals surface area contributed by atoms with Crippen LogP contribution in [-0.2, 0) is 13.0 Å². The van der Waals surface area contributed by atoms with Crippen LogP contribution in [-0.4, -0.2) is 23.6 Å². The van der Waals surface area contributed by atoms with Gasteiger partial charge < -0.3 is 10.2 Å². The van der Waals surface area contributed by atoms with Gasteiger partial charge in [-0.05, 0) is 29.7 Å². The number of aromatic nitrogens is 2. The van der Waals surface area contributed by atoms with Gasteiger partial charge in [0.25, 0.3) is 0 Å². The summed E-state index contributed by atoms with van der Waals surface area (Å²) in [5.41, 5.74) is 2.67. The van der Waals surface area contributed by atoms with E-state index in [2.05, 4.69) is 41.2 Å². The predicted molar refractivity (Wildman–Crippen MR) is 91.9 cm³/mol. The number of fused-ring (bicyclic) bond motifs is 1. The highest BCUT2D eigenvalue weighted by Crippen LogP contribution is 2.27. The van der Waals surface area contributed by atoms with E-state index in [4.69, 9.17) is 16.6 Å². The third kappa shape index (κ3) is 3.02. The molecule has 1 aliphatic heterocycles. The van der Waals surface area contributed by atoms with Gasteiger partial charge in [-0.25, -0.2) is 9.97 Å². The first-order valence-corrected chi connectivity index (χ1v) is 8.03. The summed E-state index contributed by atoms with van der Waals surface area (Å²) < 4.78 is 0. The number of halogens is 1. The van der Waals surface area contributed by atoms with E-state index >= 15 is 0 Å². The van der Waals surface area contributed by atoms with E-state index in [-0.39, 0.29) is 0 Å². The Morgan fingerprint density at radius 1 is 1.18 bits per heavy atom. The molecule has 3 rings (SSSR count). The lowest BCUT2D eigenvalue weighted by atomic mass is 10.00. The van der Waals surface area contributed by atoms with Crippen LogP contribution < -0.4 is 10.2 Å². The minimum atomic E-state index is 0.308. The molecule has 2 heterocycles. The molecule has 0 atom stereocenters. The van der Waals surface area contributed by atoms with Crippen molar-refractivity contribution < 1.29 is 0 Å². The molecule has 0 amide bonds. The monoisotopic (exact) mass is 316 g/mol. The van der Waals surface area contributed by atoms with Gasteiger partial charge in [0.2, 0.25) is 0 Å². The molecule has 0 radical (unpaired) electrons. The summed E-state index contributed by atoms with van der Waals surface area (Å²) in [5, 5.41) is 3.95. The second kappa shape index (κ2) is 6.13. The summed E-state index contributed by atoms with van der Waals surface area (Å²) in [6.07, 6.45) is 0.992. The molecule has 0 spiro atoms. The number of rotatable bonds is 3. The zero-order chi connectivity index (χ0) is 15.7. The third-order valence-corrected chi connectivity index (χ3v) is 4.24. The summed E-state index contributed by atoms with van der Waals surface area (Å²) in [4.78, 5) is 11.6. The molecular weight excluding hydrogens is 296 g/mol. The van der Waals surface area contributed by atoms with E-state index in [1.54, 1.807) is 0 Å². The maximum absolute atomic E-state index is 6.08. The number of nitrogens with one attached hydrogen (secondary N) is 1. The van der Waals surface area contributed by atoms with Gasteiger partial charge >= 0.3 is 0 Å². The number of nitrogens with zero attached hydrogens (tertiary/aromatic N) is 3. The van der Waals surface area contributed by atoms with Crippen molar-refractivity contribution in [1.29, 1.82) is 0 Å². The van der Waals surface area contributed by atoms with Gasteiger partial charge in [-0.2, -0.15) is 0 Å². The molecule has 0 aliphatic carbocycles. The van der Waals surface area contributed by atoms with Crippen molar-refractivity contribution in [2.75, 3.05) is 23.8 Å². The van der Waals surface area contributed by atoms with Gasteiger partial charge in [0.15, 0.2) is 0 Å². The Balaban J connectivity index is 1.92. The van der Waals surface area contributed by atoms with Crippen molar-refractivity contribution in [3.63, 3.8) is 0 Å². The Morgan fingerprint density at radius 3 is 2.73 bits per heavy atom. The van der Waals surface area contributed by atoms with Gasteiger partial charge in [-0.3, -0.25) is 0 Å². The van der Waals surface area contributed by atoms with Crippen molar-refractivity contribution in [3.05, 3.63) is 46.2 Å². The van der Waals surface area contributed by atoms with Gasteiger partial charge in [0.05, 0.1) is 0 Å². The van der Waals surface area contributed by atoms with E-state index in [9.17, 15) is 0 Å². The summed E-state index contributed by atoms with van der Waals surface area (Å²) in [7, 11) is 1.89. The molecule has 0 saturated carbocycles. The second-order valence-corrected chi connectivity index (χ2v) is 6.40. The van der Waals surface area contributed by atoms with Gasteiger partial charge in [0, 0.05) is 37.1 Å². The average Bonchev–Trinajstić information content (AvgIpc) is 2.53. The zero-order valence-corrected chi connectivity index (χ0v) is 14.0. The van der Waals surface area contributed by atoms with Crippen molar-refractivity contribution in [2.45, 2.75) is 32.7 Å². The molecule has 2 aromatic rings. The minimum Gasteiger partial charge on any atom is -0.373 e. The first-order chi connectivity index (χ1) is 10.6. The summed E-state index contributed by atoms with van der Waals surface area (Å²) in [6, 6.07) is 8.18. The molecule has 0 saturated heterocycles. The SMILES string of the molecule is CNc1cc(N2CCc3cc(Cl)ccc3C2)nc(C(C)C)n1.